The highest BCUT2D eigenvalue weighted by molar-refractivity contribution is 7.91. The highest BCUT2D eigenvalue weighted by Gasteiger charge is 2.23. The zero-order valence-electron chi connectivity index (χ0n) is 11.7. The van der Waals surface area contributed by atoms with Gasteiger partial charge >= 0.3 is 6.03 Å². The lowest BCUT2D eigenvalue weighted by Gasteiger charge is -2.09. The summed E-state index contributed by atoms with van der Waals surface area (Å²) in [4.78, 5) is 11.2. The molecule has 128 valence electrons. The SMILES string of the molecule is O=C(NS(=O)(=O)c1cccc(Cl)c1)NS(=O)(=O)c1cccc(Cl)c1. The van der Waals surface area contributed by atoms with Crippen molar-refractivity contribution < 1.29 is 21.6 Å². The molecule has 0 radical (unpaired) electrons. The van der Waals surface area contributed by atoms with Crippen LogP contribution in [0.1, 0.15) is 0 Å². The van der Waals surface area contributed by atoms with E-state index >= 15 is 0 Å². The number of nitrogens with one attached hydrogen (secondary N) is 2. The average molecular weight is 409 g/mol. The zero-order chi connectivity index (χ0) is 18.0. The van der Waals surface area contributed by atoms with Gasteiger partial charge in [0.25, 0.3) is 20.0 Å². The number of urea groups is 1. The van der Waals surface area contributed by atoms with Crippen LogP contribution in [0, 0.1) is 0 Å². The fraction of sp³-hybridized carbons (Fsp3) is 0. The first-order valence-electron chi connectivity index (χ1n) is 6.21. The summed E-state index contributed by atoms with van der Waals surface area (Å²) in [7, 11) is -8.56. The Balaban J connectivity index is 2.18. The Morgan fingerprint density at radius 2 is 1.12 bits per heavy atom. The van der Waals surface area contributed by atoms with Gasteiger partial charge in [-0.3, -0.25) is 0 Å². The molecular formula is C13H10Cl2N2O5S2. The largest absolute Gasteiger partial charge is 0.342 e. The van der Waals surface area contributed by atoms with E-state index in [0.717, 1.165) is 12.1 Å². The number of halogens is 2. The van der Waals surface area contributed by atoms with Crippen molar-refractivity contribution in [2.75, 3.05) is 0 Å². The van der Waals surface area contributed by atoms with Crippen molar-refractivity contribution in [2.24, 2.45) is 0 Å². The van der Waals surface area contributed by atoms with E-state index in [1.807, 2.05) is 0 Å². The van der Waals surface area contributed by atoms with Gasteiger partial charge in [0.05, 0.1) is 9.79 Å². The van der Waals surface area contributed by atoms with E-state index in [-0.39, 0.29) is 19.8 Å². The molecule has 2 N–H and O–H groups in total. The van der Waals surface area contributed by atoms with Crippen LogP contribution < -0.4 is 9.44 Å². The third-order valence-corrected chi connectivity index (χ3v) is 5.79. The zero-order valence-corrected chi connectivity index (χ0v) is 14.9. The second kappa shape index (κ2) is 6.98. The van der Waals surface area contributed by atoms with E-state index in [1.54, 1.807) is 9.44 Å². The minimum atomic E-state index is -4.28. The third-order valence-electron chi connectivity index (χ3n) is 2.67. The van der Waals surface area contributed by atoms with Crippen molar-refractivity contribution in [1.82, 2.24) is 9.44 Å². The van der Waals surface area contributed by atoms with Crippen LogP contribution >= 0.6 is 23.2 Å². The van der Waals surface area contributed by atoms with Gasteiger partial charge in [-0.05, 0) is 36.4 Å². The summed E-state index contributed by atoms with van der Waals surface area (Å²) >= 11 is 11.4. The van der Waals surface area contributed by atoms with E-state index in [9.17, 15) is 21.6 Å². The third kappa shape index (κ3) is 4.60. The lowest BCUT2D eigenvalue weighted by molar-refractivity contribution is 0.250. The van der Waals surface area contributed by atoms with Crippen LogP contribution in [0.2, 0.25) is 10.0 Å². The van der Waals surface area contributed by atoms with Gasteiger partial charge in [-0.15, -0.1) is 0 Å². The summed E-state index contributed by atoms with van der Waals surface area (Å²) in [6.07, 6.45) is 0. The van der Waals surface area contributed by atoms with Gasteiger partial charge in [0, 0.05) is 10.0 Å². The molecule has 24 heavy (non-hydrogen) atoms. The molecule has 0 saturated heterocycles. The molecule has 2 aromatic carbocycles. The Hall–Kier alpha value is -1.81. The molecule has 0 aromatic heterocycles. The molecule has 0 atom stereocenters. The van der Waals surface area contributed by atoms with E-state index in [2.05, 4.69) is 0 Å². The standard InChI is InChI=1S/C13H10Cl2N2O5S2/c14-9-3-1-5-11(7-9)23(19,20)16-13(18)17-24(21,22)12-6-2-4-10(15)8-12/h1-8H,(H2,16,17,18). The Bertz CT molecular complexity index is 911. The number of sulfonamides is 2. The summed E-state index contributed by atoms with van der Waals surface area (Å²) in [5, 5.41) is 0.287. The van der Waals surface area contributed by atoms with Crippen LogP contribution in [0.3, 0.4) is 0 Å². The van der Waals surface area contributed by atoms with E-state index in [1.165, 1.54) is 36.4 Å². The molecule has 0 aliphatic heterocycles. The van der Waals surface area contributed by atoms with Crippen LogP contribution in [-0.2, 0) is 20.0 Å². The topological polar surface area (TPSA) is 109 Å². The molecule has 0 aliphatic carbocycles. The highest BCUT2D eigenvalue weighted by atomic mass is 35.5. The fourth-order valence-corrected chi connectivity index (χ4v) is 4.13. The predicted molar refractivity (Wildman–Crippen MR) is 88.9 cm³/mol. The maximum absolute atomic E-state index is 12.0. The van der Waals surface area contributed by atoms with Gasteiger partial charge in [0.2, 0.25) is 0 Å². The van der Waals surface area contributed by atoms with Gasteiger partial charge in [-0.25, -0.2) is 31.1 Å². The number of hydrogen-bond acceptors (Lipinski definition) is 5. The quantitative estimate of drug-likeness (QED) is 0.806. The predicted octanol–water partition coefficient (Wildman–Crippen LogP) is 2.37. The second-order valence-corrected chi connectivity index (χ2v) is 8.69. The first-order valence-corrected chi connectivity index (χ1v) is 9.93. The summed E-state index contributed by atoms with van der Waals surface area (Å²) in [6, 6.07) is 8.84. The van der Waals surface area contributed by atoms with Crippen LogP contribution in [-0.4, -0.2) is 22.9 Å². The molecule has 0 saturated carbocycles. The van der Waals surface area contributed by atoms with Crippen LogP contribution in [0.5, 0.6) is 0 Å². The monoisotopic (exact) mass is 408 g/mol. The maximum atomic E-state index is 12.0. The van der Waals surface area contributed by atoms with Crippen LogP contribution in [0.25, 0.3) is 0 Å². The summed E-state index contributed by atoms with van der Waals surface area (Å²) < 4.78 is 51.3. The van der Waals surface area contributed by atoms with Gasteiger partial charge in [0.15, 0.2) is 0 Å². The first-order chi connectivity index (χ1) is 11.1. The fourth-order valence-electron chi connectivity index (χ4n) is 1.65. The van der Waals surface area contributed by atoms with Gasteiger partial charge < -0.3 is 0 Å². The average Bonchev–Trinajstić information content (AvgIpc) is 2.46. The van der Waals surface area contributed by atoms with Crippen molar-refractivity contribution in [1.29, 1.82) is 0 Å². The molecule has 11 heteroatoms. The minimum Gasteiger partial charge on any atom is -0.247 e. The number of rotatable bonds is 4. The first kappa shape index (κ1) is 18.5. The Kier molecular flexibility index (Phi) is 5.38. The van der Waals surface area contributed by atoms with Gasteiger partial charge in [-0.2, -0.15) is 0 Å². The molecule has 2 rings (SSSR count). The normalized spacial score (nSPS) is 11.8. The van der Waals surface area contributed by atoms with Crippen LogP contribution in [0.4, 0.5) is 4.79 Å². The Morgan fingerprint density at radius 3 is 1.46 bits per heavy atom. The van der Waals surface area contributed by atoms with Gasteiger partial charge in [-0.1, -0.05) is 35.3 Å². The lowest BCUT2D eigenvalue weighted by atomic mass is 10.4. The molecule has 2 aromatic rings. The lowest BCUT2D eigenvalue weighted by Crippen LogP contribution is -2.42. The van der Waals surface area contributed by atoms with Gasteiger partial charge in [0.1, 0.15) is 0 Å². The van der Waals surface area contributed by atoms with E-state index in [4.69, 9.17) is 23.2 Å². The number of amides is 2. The highest BCUT2D eigenvalue weighted by Crippen LogP contribution is 2.16. The van der Waals surface area contributed by atoms with Crippen molar-refractivity contribution in [3.8, 4) is 0 Å². The Labute approximate surface area is 148 Å². The summed E-state index contributed by atoms with van der Waals surface area (Å²) in [5.41, 5.74) is 0. The molecular weight excluding hydrogens is 399 g/mol. The number of carbonyl (C=O) groups excluding carboxylic acids is 1. The molecule has 2 amide bonds. The molecule has 0 aliphatic rings. The van der Waals surface area contributed by atoms with Crippen LogP contribution in [0.15, 0.2) is 58.3 Å². The summed E-state index contributed by atoms with van der Waals surface area (Å²) in [5.74, 6) is 0. The molecule has 0 bridgehead atoms. The Morgan fingerprint density at radius 1 is 0.750 bits per heavy atom. The second-order valence-electron chi connectivity index (χ2n) is 4.45. The smallest absolute Gasteiger partial charge is 0.247 e. The number of hydrogen-bond donors (Lipinski definition) is 2. The van der Waals surface area contributed by atoms with E-state index in [0.29, 0.717) is 0 Å². The molecule has 0 unspecified atom stereocenters. The number of benzene rings is 2. The molecule has 0 fully saturated rings. The van der Waals surface area contributed by atoms with Crippen molar-refractivity contribution in [3.05, 3.63) is 58.6 Å². The minimum absolute atomic E-state index is 0.143. The molecule has 0 heterocycles. The summed E-state index contributed by atoms with van der Waals surface area (Å²) in [6.45, 7) is 0. The van der Waals surface area contributed by atoms with E-state index < -0.39 is 26.1 Å². The molecule has 0 spiro atoms. The number of carbonyl (C=O) groups is 1. The van der Waals surface area contributed by atoms with Crippen molar-refractivity contribution in [3.63, 3.8) is 0 Å². The van der Waals surface area contributed by atoms with Crippen molar-refractivity contribution >= 4 is 49.3 Å². The van der Waals surface area contributed by atoms with Crippen molar-refractivity contribution in [2.45, 2.75) is 9.79 Å². The molecule has 7 nitrogen and oxygen atoms in total. The maximum Gasteiger partial charge on any atom is 0.342 e.